The number of hydrogen-bond acceptors (Lipinski definition) is 2. The van der Waals surface area contributed by atoms with Crippen LogP contribution >= 0.6 is 12.2 Å². The number of aromatic amines is 1. The van der Waals surface area contributed by atoms with Gasteiger partial charge in [0.1, 0.15) is 11.3 Å². The predicted octanol–water partition coefficient (Wildman–Crippen LogP) is 2.79. The topological polar surface area (TPSA) is 24.0 Å². The maximum absolute atomic E-state index is 13.7. The van der Waals surface area contributed by atoms with Crippen molar-refractivity contribution < 1.29 is 4.39 Å². The van der Waals surface area contributed by atoms with Crippen LogP contribution in [0.2, 0.25) is 0 Å². The number of aromatic nitrogens is 2. The van der Waals surface area contributed by atoms with E-state index in [1.165, 1.54) is 12.5 Å². The molecule has 1 saturated heterocycles. The molecule has 0 spiro atoms. The summed E-state index contributed by atoms with van der Waals surface area (Å²) in [5, 5.41) is 0. The Kier molecular flexibility index (Phi) is 2.95. The minimum atomic E-state index is -0.235. The second kappa shape index (κ2) is 4.48. The SMILES string of the molecule is CN1CCC(Cn2c(=S)[nH]c3c(F)cccc32)C1. The van der Waals surface area contributed by atoms with E-state index < -0.39 is 0 Å². The summed E-state index contributed by atoms with van der Waals surface area (Å²) in [6.45, 7) is 3.09. The van der Waals surface area contributed by atoms with Crippen molar-refractivity contribution in [3.63, 3.8) is 0 Å². The third-order valence-corrected chi connectivity index (χ3v) is 4.01. The lowest BCUT2D eigenvalue weighted by molar-refractivity contribution is 0.379. The van der Waals surface area contributed by atoms with E-state index in [0.29, 0.717) is 16.2 Å². The Morgan fingerprint density at radius 1 is 1.50 bits per heavy atom. The number of benzene rings is 1. The van der Waals surface area contributed by atoms with Gasteiger partial charge in [0.2, 0.25) is 0 Å². The van der Waals surface area contributed by atoms with E-state index in [-0.39, 0.29) is 5.82 Å². The summed E-state index contributed by atoms with van der Waals surface area (Å²) in [7, 11) is 2.13. The molecule has 0 radical (unpaired) electrons. The van der Waals surface area contributed by atoms with Crippen molar-refractivity contribution in [2.75, 3.05) is 20.1 Å². The number of fused-ring (bicyclic) bond motifs is 1. The summed E-state index contributed by atoms with van der Waals surface area (Å²) in [5.41, 5.74) is 1.39. The Hall–Kier alpha value is -1.20. The molecule has 0 saturated carbocycles. The summed E-state index contributed by atoms with van der Waals surface area (Å²) < 4.78 is 16.3. The molecule has 1 fully saturated rings. The van der Waals surface area contributed by atoms with Crippen molar-refractivity contribution in [1.29, 1.82) is 0 Å². The molecular weight excluding hydrogens is 249 g/mol. The van der Waals surface area contributed by atoms with Crippen LogP contribution in [0.3, 0.4) is 0 Å². The molecule has 5 heteroatoms. The third-order valence-electron chi connectivity index (χ3n) is 3.69. The van der Waals surface area contributed by atoms with Gasteiger partial charge in [-0.1, -0.05) is 6.07 Å². The first-order chi connectivity index (χ1) is 8.65. The van der Waals surface area contributed by atoms with Gasteiger partial charge in [0.25, 0.3) is 0 Å². The minimum Gasteiger partial charge on any atom is -0.328 e. The highest BCUT2D eigenvalue weighted by Crippen LogP contribution is 2.22. The summed E-state index contributed by atoms with van der Waals surface area (Å²) in [4.78, 5) is 5.29. The van der Waals surface area contributed by atoms with Gasteiger partial charge in [-0.15, -0.1) is 0 Å². The third kappa shape index (κ3) is 1.97. The second-order valence-corrected chi connectivity index (χ2v) is 5.48. The first-order valence-electron chi connectivity index (χ1n) is 6.20. The van der Waals surface area contributed by atoms with E-state index in [9.17, 15) is 4.39 Å². The molecule has 1 aliphatic heterocycles. The van der Waals surface area contributed by atoms with Crippen molar-refractivity contribution >= 4 is 23.3 Å². The summed E-state index contributed by atoms with van der Waals surface area (Å²) in [6, 6.07) is 5.11. The fourth-order valence-corrected chi connectivity index (χ4v) is 3.03. The van der Waals surface area contributed by atoms with Gasteiger partial charge in [-0.3, -0.25) is 0 Å². The van der Waals surface area contributed by atoms with Crippen LogP contribution in [0.15, 0.2) is 18.2 Å². The molecule has 3 nitrogen and oxygen atoms in total. The van der Waals surface area contributed by atoms with E-state index in [1.54, 1.807) is 6.07 Å². The Balaban J connectivity index is 1.99. The van der Waals surface area contributed by atoms with Crippen LogP contribution in [0.5, 0.6) is 0 Å². The number of imidazole rings is 1. The molecule has 0 bridgehead atoms. The van der Waals surface area contributed by atoms with Gasteiger partial charge in [0, 0.05) is 13.1 Å². The first kappa shape index (κ1) is 11.9. The summed E-state index contributed by atoms with van der Waals surface area (Å²) in [6.07, 6.45) is 1.18. The Morgan fingerprint density at radius 2 is 2.33 bits per heavy atom. The normalized spacial score (nSPS) is 20.9. The number of hydrogen-bond donors (Lipinski definition) is 1. The molecule has 3 rings (SSSR count). The fourth-order valence-electron chi connectivity index (χ4n) is 2.76. The average Bonchev–Trinajstić information content (AvgIpc) is 2.87. The lowest BCUT2D eigenvalue weighted by Gasteiger charge is -2.12. The van der Waals surface area contributed by atoms with Crippen LogP contribution < -0.4 is 0 Å². The van der Waals surface area contributed by atoms with Crippen molar-refractivity contribution in [3.8, 4) is 0 Å². The molecule has 1 atom stereocenters. The quantitative estimate of drug-likeness (QED) is 0.844. The van der Waals surface area contributed by atoms with E-state index in [1.807, 2.05) is 10.6 Å². The largest absolute Gasteiger partial charge is 0.328 e. The van der Waals surface area contributed by atoms with Crippen LogP contribution in [0.4, 0.5) is 4.39 Å². The molecule has 0 amide bonds. The number of nitrogens with zero attached hydrogens (tertiary/aromatic N) is 2. The van der Waals surface area contributed by atoms with E-state index in [2.05, 4.69) is 16.9 Å². The van der Waals surface area contributed by atoms with Gasteiger partial charge in [0.05, 0.1) is 5.52 Å². The van der Waals surface area contributed by atoms with E-state index in [4.69, 9.17) is 12.2 Å². The average molecular weight is 265 g/mol. The monoisotopic (exact) mass is 265 g/mol. The van der Waals surface area contributed by atoms with Crippen molar-refractivity contribution in [2.24, 2.45) is 5.92 Å². The molecule has 1 N–H and O–H groups in total. The van der Waals surface area contributed by atoms with Gasteiger partial charge in [-0.25, -0.2) is 4.39 Å². The number of H-pyrrole nitrogens is 1. The van der Waals surface area contributed by atoms with Crippen molar-refractivity contribution in [3.05, 3.63) is 28.8 Å². The molecule has 1 unspecified atom stereocenters. The number of nitrogens with one attached hydrogen (secondary N) is 1. The maximum atomic E-state index is 13.7. The predicted molar refractivity (Wildman–Crippen MR) is 72.7 cm³/mol. The van der Waals surface area contributed by atoms with Crippen molar-refractivity contribution in [2.45, 2.75) is 13.0 Å². The van der Waals surface area contributed by atoms with E-state index in [0.717, 1.165) is 25.2 Å². The van der Waals surface area contributed by atoms with Crippen LogP contribution in [0, 0.1) is 16.5 Å². The molecule has 0 aliphatic carbocycles. The highest BCUT2D eigenvalue weighted by molar-refractivity contribution is 7.71. The Labute approximate surface area is 110 Å². The molecule has 2 heterocycles. The standard InChI is InChI=1S/C13H16FN3S/c1-16-6-5-9(7-16)8-17-11-4-2-3-10(14)12(11)15-13(17)18/h2-4,9H,5-8H2,1H3,(H,15,18). The summed E-state index contributed by atoms with van der Waals surface area (Å²) in [5.74, 6) is 0.366. The molecule has 2 aromatic rings. The lowest BCUT2D eigenvalue weighted by Crippen LogP contribution is -2.17. The minimum absolute atomic E-state index is 0.235. The summed E-state index contributed by atoms with van der Waals surface area (Å²) >= 11 is 5.30. The highest BCUT2D eigenvalue weighted by atomic mass is 32.1. The number of halogens is 1. The van der Waals surface area contributed by atoms with Gasteiger partial charge in [0.15, 0.2) is 4.77 Å². The Morgan fingerprint density at radius 3 is 3.06 bits per heavy atom. The van der Waals surface area contributed by atoms with Crippen LogP contribution in [-0.2, 0) is 6.54 Å². The molecule has 1 aromatic carbocycles. The molecule has 96 valence electrons. The van der Waals surface area contributed by atoms with Crippen LogP contribution in [-0.4, -0.2) is 34.6 Å². The number of rotatable bonds is 2. The lowest BCUT2D eigenvalue weighted by atomic mass is 10.1. The zero-order valence-corrected chi connectivity index (χ0v) is 11.1. The smallest absolute Gasteiger partial charge is 0.178 e. The van der Waals surface area contributed by atoms with E-state index >= 15 is 0 Å². The number of para-hydroxylation sites is 1. The number of likely N-dealkylation sites (tertiary alicyclic amines) is 1. The van der Waals surface area contributed by atoms with Crippen LogP contribution in [0.25, 0.3) is 11.0 Å². The van der Waals surface area contributed by atoms with Gasteiger partial charge in [-0.2, -0.15) is 0 Å². The second-order valence-electron chi connectivity index (χ2n) is 5.09. The highest BCUT2D eigenvalue weighted by Gasteiger charge is 2.21. The van der Waals surface area contributed by atoms with Gasteiger partial charge >= 0.3 is 0 Å². The molecule has 1 aliphatic rings. The Bertz CT molecular complexity index is 631. The van der Waals surface area contributed by atoms with Crippen molar-refractivity contribution in [1.82, 2.24) is 14.5 Å². The van der Waals surface area contributed by atoms with Gasteiger partial charge in [-0.05, 0) is 50.3 Å². The van der Waals surface area contributed by atoms with Gasteiger partial charge < -0.3 is 14.5 Å². The molecule has 18 heavy (non-hydrogen) atoms. The first-order valence-corrected chi connectivity index (χ1v) is 6.61. The molecule has 1 aromatic heterocycles. The van der Waals surface area contributed by atoms with Crippen LogP contribution in [0.1, 0.15) is 6.42 Å². The maximum Gasteiger partial charge on any atom is 0.178 e. The molecular formula is C13H16FN3S. The zero-order valence-electron chi connectivity index (χ0n) is 10.3. The zero-order chi connectivity index (χ0) is 12.7. The fraction of sp³-hybridized carbons (Fsp3) is 0.462.